The van der Waals surface area contributed by atoms with Crippen LogP contribution in [0, 0.1) is 0 Å². The maximum Gasteiger partial charge on any atom is 0.0502 e. The van der Waals surface area contributed by atoms with E-state index in [9.17, 15) is 0 Å². The number of hydrogen-bond acceptors (Lipinski definition) is 0. The van der Waals surface area contributed by atoms with Gasteiger partial charge in [-0.1, -0.05) is 68.7 Å². The van der Waals surface area contributed by atoms with Crippen molar-refractivity contribution in [3.05, 3.63) is 59.7 Å². The molecule has 0 radical (unpaired) electrons. The highest BCUT2D eigenvalue weighted by Crippen LogP contribution is 2.42. The van der Waals surface area contributed by atoms with Gasteiger partial charge in [-0.25, -0.2) is 0 Å². The standard InChI is InChI=1S/C22H25N/c1-2-16-10-6-7-13-18(16)22-21(17-11-4-3-5-12-17)19-14-8-9-15-20(19)23-22/h6-10,13-15,17,23H,2-5,11-12H2,1H3. The molecule has 2 aromatic carbocycles. The van der Waals surface area contributed by atoms with Crippen LogP contribution in [0.2, 0.25) is 0 Å². The second-order valence-corrected chi connectivity index (χ2v) is 6.80. The van der Waals surface area contributed by atoms with E-state index in [4.69, 9.17) is 0 Å². The number of hydrogen-bond donors (Lipinski definition) is 1. The number of nitrogens with one attached hydrogen (secondary N) is 1. The van der Waals surface area contributed by atoms with Crippen molar-refractivity contribution in [1.82, 2.24) is 4.98 Å². The maximum atomic E-state index is 3.75. The fraction of sp³-hybridized carbons (Fsp3) is 0.364. The van der Waals surface area contributed by atoms with Crippen LogP contribution in [-0.2, 0) is 6.42 Å². The van der Waals surface area contributed by atoms with Gasteiger partial charge < -0.3 is 4.98 Å². The second kappa shape index (κ2) is 6.23. The third-order valence-electron chi connectivity index (χ3n) is 5.43. The van der Waals surface area contributed by atoms with Gasteiger partial charge in [-0.3, -0.25) is 0 Å². The third kappa shape index (κ3) is 2.59. The Bertz CT molecular complexity index is 806. The Labute approximate surface area is 138 Å². The highest BCUT2D eigenvalue weighted by atomic mass is 14.7. The zero-order valence-corrected chi connectivity index (χ0v) is 13.9. The van der Waals surface area contributed by atoms with E-state index in [-0.39, 0.29) is 0 Å². The molecule has 1 aliphatic carbocycles. The molecule has 1 heteroatoms. The van der Waals surface area contributed by atoms with Crippen molar-refractivity contribution in [2.45, 2.75) is 51.4 Å². The topological polar surface area (TPSA) is 15.8 Å². The summed E-state index contributed by atoms with van der Waals surface area (Å²) in [5.41, 5.74) is 7.06. The van der Waals surface area contributed by atoms with Gasteiger partial charge >= 0.3 is 0 Å². The van der Waals surface area contributed by atoms with Gasteiger partial charge in [-0.05, 0) is 42.4 Å². The van der Waals surface area contributed by atoms with Gasteiger partial charge in [0.25, 0.3) is 0 Å². The highest BCUT2D eigenvalue weighted by Gasteiger charge is 2.24. The molecule has 118 valence electrons. The number of rotatable bonds is 3. The van der Waals surface area contributed by atoms with Crippen molar-refractivity contribution in [3.63, 3.8) is 0 Å². The van der Waals surface area contributed by atoms with E-state index in [1.54, 1.807) is 5.56 Å². The van der Waals surface area contributed by atoms with Crippen LogP contribution < -0.4 is 0 Å². The van der Waals surface area contributed by atoms with Crippen LogP contribution in [0.15, 0.2) is 48.5 Å². The fourth-order valence-electron chi connectivity index (χ4n) is 4.26. The summed E-state index contributed by atoms with van der Waals surface area (Å²) < 4.78 is 0. The number of benzene rings is 2. The predicted octanol–water partition coefficient (Wildman–Crippen LogP) is 6.45. The molecule has 1 saturated carbocycles. The molecular weight excluding hydrogens is 278 g/mol. The summed E-state index contributed by atoms with van der Waals surface area (Å²) in [7, 11) is 0. The number of aromatic nitrogens is 1. The van der Waals surface area contributed by atoms with Crippen LogP contribution in [0.3, 0.4) is 0 Å². The molecule has 1 heterocycles. The lowest BCUT2D eigenvalue weighted by Gasteiger charge is -2.23. The van der Waals surface area contributed by atoms with E-state index < -0.39 is 0 Å². The quantitative estimate of drug-likeness (QED) is 0.572. The van der Waals surface area contributed by atoms with Crippen LogP contribution in [0.4, 0.5) is 0 Å². The number of aryl methyl sites for hydroxylation is 1. The Kier molecular flexibility index (Phi) is 3.95. The molecule has 4 rings (SSSR count). The lowest BCUT2D eigenvalue weighted by atomic mass is 9.81. The Morgan fingerprint density at radius 3 is 2.48 bits per heavy atom. The minimum atomic E-state index is 0.708. The first-order chi connectivity index (χ1) is 11.4. The molecule has 1 aromatic heterocycles. The molecule has 0 amide bonds. The lowest BCUT2D eigenvalue weighted by molar-refractivity contribution is 0.446. The first kappa shape index (κ1) is 14.6. The van der Waals surface area contributed by atoms with E-state index in [0.717, 1.165) is 6.42 Å². The summed E-state index contributed by atoms with van der Waals surface area (Å²) in [6.07, 6.45) is 7.90. The average molecular weight is 303 g/mol. The van der Waals surface area contributed by atoms with Gasteiger partial charge in [0.1, 0.15) is 0 Å². The van der Waals surface area contributed by atoms with Crippen molar-refractivity contribution < 1.29 is 0 Å². The summed E-state index contributed by atoms with van der Waals surface area (Å²) in [5.74, 6) is 0.708. The minimum Gasteiger partial charge on any atom is -0.354 e. The Morgan fingerprint density at radius 1 is 0.913 bits per heavy atom. The molecule has 3 aromatic rings. The SMILES string of the molecule is CCc1ccccc1-c1[nH]c2ccccc2c1C1CCCCC1. The zero-order chi connectivity index (χ0) is 15.6. The minimum absolute atomic E-state index is 0.708. The number of H-pyrrole nitrogens is 1. The molecule has 1 aliphatic rings. The van der Waals surface area contributed by atoms with Crippen molar-refractivity contribution in [3.8, 4) is 11.3 Å². The van der Waals surface area contributed by atoms with Crippen molar-refractivity contribution >= 4 is 10.9 Å². The first-order valence-corrected chi connectivity index (χ1v) is 9.07. The van der Waals surface area contributed by atoms with Crippen LogP contribution in [0.25, 0.3) is 22.2 Å². The Balaban J connectivity index is 1.94. The summed E-state index contributed by atoms with van der Waals surface area (Å²) in [4.78, 5) is 3.75. The van der Waals surface area contributed by atoms with E-state index in [0.29, 0.717) is 5.92 Å². The number of aromatic amines is 1. The molecule has 0 atom stereocenters. The van der Waals surface area contributed by atoms with Gasteiger partial charge in [0.15, 0.2) is 0 Å². The summed E-state index contributed by atoms with van der Waals surface area (Å²) >= 11 is 0. The van der Waals surface area contributed by atoms with E-state index in [1.807, 2.05) is 0 Å². The summed E-state index contributed by atoms with van der Waals surface area (Å²) in [6.45, 7) is 2.25. The van der Waals surface area contributed by atoms with Crippen molar-refractivity contribution in [1.29, 1.82) is 0 Å². The summed E-state index contributed by atoms with van der Waals surface area (Å²) in [5, 5.41) is 1.43. The molecule has 0 aliphatic heterocycles. The third-order valence-corrected chi connectivity index (χ3v) is 5.43. The zero-order valence-electron chi connectivity index (χ0n) is 13.9. The number of fused-ring (bicyclic) bond motifs is 1. The molecule has 0 bridgehead atoms. The average Bonchev–Trinajstić information content (AvgIpc) is 3.01. The first-order valence-electron chi connectivity index (χ1n) is 9.07. The highest BCUT2D eigenvalue weighted by molar-refractivity contribution is 5.92. The van der Waals surface area contributed by atoms with E-state index in [1.165, 1.54) is 59.8 Å². The monoisotopic (exact) mass is 303 g/mol. The smallest absolute Gasteiger partial charge is 0.0502 e. The van der Waals surface area contributed by atoms with Gasteiger partial charge in [0.05, 0.1) is 5.69 Å². The fourth-order valence-corrected chi connectivity index (χ4v) is 4.26. The molecule has 0 spiro atoms. The predicted molar refractivity (Wildman–Crippen MR) is 98.9 cm³/mol. The molecule has 1 fully saturated rings. The van der Waals surface area contributed by atoms with Crippen LogP contribution in [0.5, 0.6) is 0 Å². The molecular formula is C22H25N. The summed E-state index contributed by atoms with van der Waals surface area (Å²) in [6, 6.07) is 17.7. The Morgan fingerprint density at radius 2 is 1.65 bits per heavy atom. The van der Waals surface area contributed by atoms with Gasteiger partial charge in [-0.15, -0.1) is 0 Å². The molecule has 1 N–H and O–H groups in total. The lowest BCUT2D eigenvalue weighted by Crippen LogP contribution is -2.05. The molecule has 0 saturated heterocycles. The van der Waals surface area contributed by atoms with Crippen molar-refractivity contribution in [2.75, 3.05) is 0 Å². The van der Waals surface area contributed by atoms with Crippen LogP contribution in [-0.4, -0.2) is 4.98 Å². The molecule has 0 unspecified atom stereocenters. The second-order valence-electron chi connectivity index (χ2n) is 6.80. The number of para-hydroxylation sites is 1. The molecule has 23 heavy (non-hydrogen) atoms. The van der Waals surface area contributed by atoms with Crippen LogP contribution >= 0.6 is 0 Å². The Hall–Kier alpha value is -2.02. The maximum absolute atomic E-state index is 3.75. The van der Waals surface area contributed by atoms with Gasteiger partial charge in [0, 0.05) is 16.5 Å². The van der Waals surface area contributed by atoms with E-state index >= 15 is 0 Å². The van der Waals surface area contributed by atoms with Gasteiger partial charge in [-0.2, -0.15) is 0 Å². The molecule has 1 nitrogen and oxygen atoms in total. The van der Waals surface area contributed by atoms with Crippen LogP contribution in [0.1, 0.15) is 56.1 Å². The van der Waals surface area contributed by atoms with E-state index in [2.05, 4.69) is 60.4 Å². The largest absolute Gasteiger partial charge is 0.354 e. The van der Waals surface area contributed by atoms with Crippen molar-refractivity contribution in [2.24, 2.45) is 0 Å². The normalized spacial score (nSPS) is 16.0. The van der Waals surface area contributed by atoms with Gasteiger partial charge in [0.2, 0.25) is 0 Å².